The molecule has 78 valence electrons. The van der Waals surface area contributed by atoms with Crippen molar-refractivity contribution in [1.29, 1.82) is 5.26 Å². The van der Waals surface area contributed by atoms with Gasteiger partial charge in [0.2, 0.25) is 0 Å². The minimum absolute atomic E-state index is 0.0939. The van der Waals surface area contributed by atoms with Crippen LogP contribution in [0.25, 0.3) is 0 Å². The van der Waals surface area contributed by atoms with Crippen LogP contribution < -0.4 is 0 Å². The molecular formula is C11H10ClNO2. The summed E-state index contributed by atoms with van der Waals surface area (Å²) in [5, 5.41) is 9.30. The summed E-state index contributed by atoms with van der Waals surface area (Å²) in [4.78, 5) is 11.1. The highest BCUT2D eigenvalue weighted by atomic mass is 35.5. The fourth-order valence-corrected chi connectivity index (χ4v) is 1.55. The lowest BCUT2D eigenvalue weighted by atomic mass is 10.0. The molecule has 0 bridgehead atoms. The van der Waals surface area contributed by atoms with Gasteiger partial charge in [0.15, 0.2) is 0 Å². The summed E-state index contributed by atoms with van der Waals surface area (Å²) >= 11 is 5.94. The van der Waals surface area contributed by atoms with E-state index in [-0.39, 0.29) is 12.4 Å². The molecule has 0 saturated heterocycles. The molecule has 0 aliphatic rings. The Morgan fingerprint density at radius 3 is 2.80 bits per heavy atom. The molecule has 15 heavy (non-hydrogen) atoms. The molecular weight excluding hydrogens is 214 g/mol. The van der Waals surface area contributed by atoms with Crippen molar-refractivity contribution in [2.24, 2.45) is 0 Å². The molecule has 0 unspecified atom stereocenters. The van der Waals surface area contributed by atoms with Gasteiger partial charge < -0.3 is 4.74 Å². The van der Waals surface area contributed by atoms with Crippen LogP contribution in [0.2, 0.25) is 5.02 Å². The van der Waals surface area contributed by atoms with E-state index in [0.29, 0.717) is 16.1 Å². The first-order valence-corrected chi connectivity index (χ1v) is 4.72. The Hall–Kier alpha value is -1.53. The van der Waals surface area contributed by atoms with Crippen LogP contribution in [0.15, 0.2) is 12.1 Å². The Morgan fingerprint density at radius 1 is 1.60 bits per heavy atom. The van der Waals surface area contributed by atoms with E-state index in [9.17, 15) is 4.79 Å². The van der Waals surface area contributed by atoms with Crippen LogP contribution in [0.4, 0.5) is 0 Å². The fraction of sp³-hybridized carbons (Fsp3) is 0.273. The van der Waals surface area contributed by atoms with Crippen molar-refractivity contribution in [3.05, 3.63) is 33.8 Å². The van der Waals surface area contributed by atoms with Crippen molar-refractivity contribution in [2.45, 2.75) is 13.3 Å². The first-order valence-electron chi connectivity index (χ1n) is 4.35. The van der Waals surface area contributed by atoms with Gasteiger partial charge in [-0.05, 0) is 30.2 Å². The maximum absolute atomic E-state index is 11.1. The van der Waals surface area contributed by atoms with Crippen molar-refractivity contribution < 1.29 is 9.53 Å². The van der Waals surface area contributed by atoms with Crippen LogP contribution in [-0.4, -0.2) is 13.1 Å². The van der Waals surface area contributed by atoms with Crippen molar-refractivity contribution in [3.63, 3.8) is 0 Å². The van der Waals surface area contributed by atoms with E-state index >= 15 is 0 Å². The van der Waals surface area contributed by atoms with E-state index in [1.165, 1.54) is 7.11 Å². The van der Waals surface area contributed by atoms with Crippen LogP contribution >= 0.6 is 11.6 Å². The topological polar surface area (TPSA) is 50.1 Å². The molecule has 1 aromatic carbocycles. The first-order chi connectivity index (χ1) is 7.10. The maximum Gasteiger partial charge on any atom is 0.310 e. The summed E-state index contributed by atoms with van der Waals surface area (Å²) in [7, 11) is 1.32. The summed E-state index contributed by atoms with van der Waals surface area (Å²) in [6.45, 7) is 1.77. The lowest BCUT2D eigenvalue weighted by molar-refractivity contribution is -0.139. The van der Waals surface area contributed by atoms with E-state index in [0.717, 1.165) is 5.56 Å². The molecule has 0 atom stereocenters. The SMILES string of the molecule is COC(=O)Cc1c(Cl)ccc(C#N)c1C. The van der Waals surface area contributed by atoms with Gasteiger partial charge in [0.25, 0.3) is 0 Å². The van der Waals surface area contributed by atoms with Gasteiger partial charge in [0, 0.05) is 5.02 Å². The van der Waals surface area contributed by atoms with Crippen LogP contribution in [0.5, 0.6) is 0 Å². The number of nitriles is 1. The number of halogens is 1. The predicted molar refractivity (Wildman–Crippen MR) is 56.6 cm³/mol. The number of esters is 1. The lowest BCUT2D eigenvalue weighted by Gasteiger charge is -2.08. The number of benzene rings is 1. The van der Waals surface area contributed by atoms with Crippen molar-refractivity contribution in [1.82, 2.24) is 0 Å². The Bertz CT molecular complexity index is 435. The van der Waals surface area contributed by atoms with Crippen molar-refractivity contribution in [2.75, 3.05) is 7.11 Å². The van der Waals surface area contributed by atoms with Gasteiger partial charge in [0.1, 0.15) is 0 Å². The number of ether oxygens (including phenoxy) is 1. The summed E-state index contributed by atoms with van der Waals surface area (Å²) in [6.07, 6.45) is 0.0939. The third-order valence-electron chi connectivity index (χ3n) is 2.21. The predicted octanol–water partition coefficient (Wildman–Crippen LogP) is 2.24. The van der Waals surface area contributed by atoms with Gasteiger partial charge in [-0.2, -0.15) is 5.26 Å². The highest BCUT2D eigenvalue weighted by Crippen LogP contribution is 2.23. The van der Waals surface area contributed by atoms with Crippen LogP contribution in [0.1, 0.15) is 16.7 Å². The number of methoxy groups -OCH3 is 1. The van der Waals surface area contributed by atoms with E-state index in [2.05, 4.69) is 4.74 Å². The molecule has 4 heteroatoms. The molecule has 0 heterocycles. The Balaban J connectivity index is 3.16. The van der Waals surface area contributed by atoms with Crippen molar-refractivity contribution >= 4 is 17.6 Å². The molecule has 0 fully saturated rings. The maximum atomic E-state index is 11.1. The molecule has 0 N–H and O–H groups in total. The van der Waals surface area contributed by atoms with Crippen LogP contribution in [0.3, 0.4) is 0 Å². The van der Waals surface area contributed by atoms with Gasteiger partial charge in [-0.25, -0.2) is 0 Å². The number of nitrogens with zero attached hydrogens (tertiary/aromatic N) is 1. The number of hydrogen-bond acceptors (Lipinski definition) is 3. The standard InChI is InChI=1S/C11H10ClNO2/c1-7-8(6-13)3-4-10(12)9(7)5-11(14)15-2/h3-4H,5H2,1-2H3. The monoisotopic (exact) mass is 223 g/mol. The molecule has 0 aliphatic carbocycles. The second kappa shape index (κ2) is 4.81. The average molecular weight is 224 g/mol. The van der Waals surface area contributed by atoms with Crippen LogP contribution in [-0.2, 0) is 16.0 Å². The zero-order valence-electron chi connectivity index (χ0n) is 8.50. The smallest absolute Gasteiger partial charge is 0.310 e. The van der Waals surface area contributed by atoms with Gasteiger partial charge in [-0.15, -0.1) is 0 Å². The molecule has 0 aromatic heterocycles. The molecule has 1 aromatic rings. The number of carbonyl (C=O) groups excluding carboxylic acids is 1. The fourth-order valence-electron chi connectivity index (χ4n) is 1.28. The average Bonchev–Trinajstić information content (AvgIpc) is 2.24. The third kappa shape index (κ3) is 2.48. The Labute approximate surface area is 93.2 Å². The molecule has 1 rings (SSSR count). The summed E-state index contributed by atoms with van der Waals surface area (Å²) < 4.78 is 4.56. The molecule has 0 radical (unpaired) electrons. The number of hydrogen-bond donors (Lipinski definition) is 0. The van der Waals surface area contributed by atoms with E-state index in [1.54, 1.807) is 19.1 Å². The highest BCUT2D eigenvalue weighted by molar-refractivity contribution is 6.31. The zero-order valence-corrected chi connectivity index (χ0v) is 9.26. The summed E-state index contributed by atoms with van der Waals surface area (Å²) in [6, 6.07) is 5.30. The minimum Gasteiger partial charge on any atom is -0.469 e. The van der Waals surface area contributed by atoms with Gasteiger partial charge in [0.05, 0.1) is 25.2 Å². The second-order valence-electron chi connectivity index (χ2n) is 3.06. The molecule has 0 saturated carbocycles. The molecule has 0 amide bonds. The number of carbonyl (C=O) groups is 1. The second-order valence-corrected chi connectivity index (χ2v) is 3.47. The van der Waals surface area contributed by atoms with E-state index < -0.39 is 0 Å². The summed E-state index contributed by atoms with van der Waals surface area (Å²) in [5.74, 6) is -0.366. The molecule has 3 nitrogen and oxygen atoms in total. The third-order valence-corrected chi connectivity index (χ3v) is 2.56. The quantitative estimate of drug-likeness (QED) is 0.723. The van der Waals surface area contributed by atoms with Crippen LogP contribution in [0, 0.1) is 18.3 Å². The molecule has 0 spiro atoms. The summed E-state index contributed by atoms with van der Waals surface area (Å²) in [5.41, 5.74) is 1.91. The first kappa shape index (κ1) is 11.5. The van der Waals surface area contributed by atoms with Gasteiger partial charge >= 0.3 is 5.97 Å². The lowest BCUT2D eigenvalue weighted by Crippen LogP contribution is -2.07. The Morgan fingerprint density at radius 2 is 2.27 bits per heavy atom. The van der Waals surface area contributed by atoms with E-state index in [4.69, 9.17) is 16.9 Å². The van der Waals surface area contributed by atoms with Crippen molar-refractivity contribution in [3.8, 4) is 6.07 Å². The Kier molecular flexibility index (Phi) is 3.70. The molecule has 0 aliphatic heterocycles. The zero-order chi connectivity index (χ0) is 11.4. The minimum atomic E-state index is -0.366. The largest absolute Gasteiger partial charge is 0.469 e. The number of rotatable bonds is 2. The van der Waals surface area contributed by atoms with E-state index in [1.807, 2.05) is 6.07 Å². The van der Waals surface area contributed by atoms with Gasteiger partial charge in [-0.1, -0.05) is 11.6 Å². The normalized spacial score (nSPS) is 9.47. The van der Waals surface area contributed by atoms with Gasteiger partial charge in [-0.3, -0.25) is 4.79 Å². The highest BCUT2D eigenvalue weighted by Gasteiger charge is 2.12.